The van der Waals surface area contributed by atoms with Crippen LogP contribution in [0.3, 0.4) is 0 Å². The fraction of sp³-hybridized carbons (Fsp3) is 0.500. The van der Waals surface area contributed by atoms with E-state index in [9.17, 15) is 9.59 Å². The van der Waals surface area contributed by atoms with E-state index in [-0.39, 0.29) is 18.1 Å². The third-order valence-corrected chi connectivity index (χ3v) is 5.10. The van der Waals surface area contributed by atoms with E-state index >= 15 is 0 Å². The Hall–Kier alpha value is -2.50. The molecule has 140 valence electrons. The molecule has 0 bridgehead atoms. The van der Waals surface area contributed by atoms with Gasteiger partial charge in [0.25, 0.3) is 0 Å². The predicted octanol–water partition coefficient (Wildman–Crippen LogP) is 3.45. The topological polar surface area (TPSA) is 76.7 Å². The average Bonchev–Trinajstić information content (AvgIpc) is 2.61. The largest absolute Gasteiger partial charge is 0.497 e. The van der Waals surface area contributed by atoms with Crippen molar-refractivity contribution in [2.45, 2.75) is 51.7 Å². The molecule has 0 spiro atoms. The Morgan fingerprint density at radius 2 is 1.92 bits per heavy atom. The zero-order chi connectivity index (χ0) is 18.7. The summed E-state index contributed by atoms with van der Waals surface area (Å²) in [4.78, 5) is 24.8. The highest BCUT2D eigenvalue weighted by Gasteiger charge is 2.34. The van der Waals surface area contributed by atoms with Crippen molar-refractivity contribution in [3.8, 4) is 5.75 Å². The lowest BCUT2D eigenvalue weighted by molar-refractivity contribution is -0.146. The summed E-state index contributed by atoms with van der Waals surface area (Å²) in [5.74, 6) is 0.920. The Bertz CT molecular complexity index is 711. The number of allylic oxidation sites excluding steroid dienone is 1. The predicted molar refractivity (Wildman–Crippen MR) is 97.6 cm³/mol. The van der Waals surface area contributed by atoms with E-state index in [0.717, 1.165) is 30.6 Å². The minimum absolute atomic E-state index is 0.0549. The van der Waals surface area contributed by atoms with Crippen LogP contribution in [0, 0.1) is 5.92 Å². The lowest BCUT2D eigenvalue weighted by Crippen LogP contribution is -2.45. The van der Waals surface area contributed by atoms with E-state index in [1.165, 1.54) is 6.42 Å². The lowest BCUT2D eigenvalue weighted by Gasteiger charge is -2.31. The first kappa shape index (κ1) is 18.3. The second-order valence-electron chi connectivity index (χ2n) is 7.14. The first-order valence-electron chi connectivity index (χ1n) is 9.11. The van der Waals surface area contributed by atoms with Crippen LogP contribution in [0.1, 0.15) is 51.1 Å². The van der Waals surface area contributed by atoms with Gasteiger partial charge in [-0.05, 0) is 49.8 Å². The molecule has 3 rings (SSSR count). The second-order valence-corrected chi connectivity index (χ2v) is 7.14. The highest BCUT2D eigenvalue weighted by molar-refractivity contribution is 5.95. The van der Waals surface area contributed by atoms with E-state index in [1.54, 1.807) is 14.0 Å². The van der Waals surface area contributed by atoms with Crippen LogP contribution in [0.4, 0.5) is 4.79 Å². The maximum atomic E-state index is 12.9. The van der Waals surface area contributed by atoms with Crippen molar-refractivity contribution in [3.05, 3.63) is 41.1 Å². The van der Waals surface area contributed by atoms with Gasteiger partial charge in [-0.2, -0.15) is 0 Å². The third-order valence-electron chi connectivity index (χ3n) is 5.10. The standard InChI is InChI=1S/C20H26N2O4/c1-12-5-4-6-16(11-12)26-19(23)17-13(2)21-20(24)22-18(17)14-7-9-15(25-3)10-8-14/h7-10,12,16,18H,4-6,11H2,1-3H3,(H2,21,22,24)/t12-,16-,18-/m1/s1. The molecule has 1 heterocycles. The van der Waals surface area contributed by atoms with Crippen LogP contribution < -0.4 is 15.4 Å². The first-order chi connectivity index (χ1) is 12.5. The van der Waals surface area contributed by atoms with Crippen molar-refractivity contribution >= 4 is 12.0 Å². The van der Waals surface area contributed by atoms with Crippen LogP contribution >= 0.6 is 0 Å². The van der Waals surface area contributed by atoms with Gasteiger partial charge in [-0.15, -0.1) is 0 Å². The van der Waals surface area contributed by atoms with E-state index in [0.29, 0.717) is 17.2 Å². The molecule has 1 aromatic carbocycles. The number of carbonyl (C=O) groups is 2. The number of ether oxygens (including phenoxy) is 2. The molecule has 1 fully saturated rings. The van der Waals surface area contributed by atoms with Crippen LogP contribution in [-0.2, 0) is 9.53 Å². The summed E-state index contributed by atoms with van der Waals surface area (Å²) in [7, 11) is 1.60. The normalized spacial score (nSPS) is 26.0. The van der Waals surface area contributed by atoms with Crippen molar-refractivity contribution < 1.29 is 19.1 Å². The van der Waals surface area contributed by atoms with Gasteiger partial charge in [0.2, 0.25) is 0 Å². The fourth-order valence-electron chi connectivity index (χ4n) is 3.71. The molecule has 26 heavy (non-hydrogen) atoms. The molecular formula is C20H26N2O4. The number of nitrogens with one attached hydrogen (secondary N) is 2. The number of hydrogen-bond acceptors (Lipinski definition) is 4. The Kier molecular flexibility index (Phi) is 5.49. The van der Waals surface area contributed by atoms with Crippen molar-refractivity contribution in [1.82, 2.24) is 10.6 Å². The molecule has 0 aromatic heterocycles. The van der Waals surface area contributed by atoms with Gasteiger partial charge in [-0.1, -0.05) is 25.5 Å². The Morgan fingerprint density at radius 1 is 1.19 bits per heavy atom. The molecule has 3 atom stereocenters. The fourth-order valence-corrected chi connectivity index (χ4v) is 3.71. The summed E-state index contributed by atoms with van der Waals surface area (Å²) in [6, 6.07) is 6.45. The van der Waals surface area contributed by atoms with Crippen LogP contribution in [-0.4, -0.2) is 25.2 Å². The smallest absolute Gasteiger partial charge is 0.338 e. The molecule has 2 amide bonds. The summed E-state index contributed by atoms with van der Waals surface area (Å²) in [6.45, 7) is 3.92. The Labute approximate surface area is 153 Å². The zero-order valence-corrected chi connectivity index (χ0v) is 15.5. The molecule has 1 aromatic rings. The number of esters is 1. The molecule has 2 N–H and O–H groups in total. The maximum Gasteiger partial charge on any atom is 0.338 e. The molecule has 6 nitrogen and oxygen atoms in total. The quantitative estimate of drug-likeness (QED) is 0.808. The van der Waals surface area contributed by atoms with Crippen LogP contribution in [0.15, 0.2) is 35.5 Å². The van der Waals surface area contributed by atoms with Crippen LogP contribution in [0.25, 0.3) is 0 Å². The number of methoxy groups -OCH3 is 1. The Morgan fingerprint density at radius 3 is 2.58 bits per heavy atom. The number of rotatable bonds is 4. The van der Waals surface area contributed by atoms with Gasteiger partial charge in [0.15, 0.2) is 0 Å². The highest BCUT2D eigenvalue weighted by atomic mass is 16.5. The molecule has 1 aliphatic carbocycles. The molecule has 6 heteroatoms. The summed E-state index contributed by atoms with van der Waals surface area (Å²) >= 11 is 0. The second kappa shape index (κ2) is 7.81. The summed E-state index contributed by atoms with van der Waals surface area (Å²) in [5, 5.41) is 5.51. The molecule has 0 radical (unpaired) electrons. The molecule has 1 aliphatic heterocycles. The van der Waals surface area contributed by atoms with Gasteiger partial charge in [-0.3, -0.25) is 0 Å². The summed E-state index contributed by atoms with van der Waals surface area (Å²) < 4.78 is 11.0. The number of carbonyl (C=O) groups excluding carboxylic acids is 2. The van der Waals surface area contributed by atoms with Crippen LogP contribution in [0.5, 0.6) is 5.75 Å². The number of hydrogen-bond donors (Lipinski definition) is 2. The summed E-state index contributed by atoms with van der Waals surface area (Å²) in [6.07, 6.45) is 4.00. The minimum atomic E-state index is -0.539. The van der Waals surface area contributed by atoms with Gasteiger partial charge in [-0.25, -0.2) is 9.59 Å². The highest BCUT2D eigenvalue weighted by Crippen LogP contribution is 2.31. The molecule has 2 aliphatic rings. The van der Waals surface area contributed by atoms with Gasteiger partial charge in [0, 0.05) is 5.70 Å². The average molecular weight is 358 g/mol. The number of benzene rings is 1. The maximum absolute atomic E-state index is 12.9. The molecule has 0 unspecified atom stereocenters. The van der Waals surface area contributed by atoms with Gasteiger partial charge in [0.1, 0.15) is 11.9 Å². The van der Waals surface area contributed by atoms with Gasteiger partial charge < -0.3 is 20.1 Å². The van der Waals surface area contributed by atoms with Gasteiger partial charge in [0.05, 0.1) is 18.7 Å². The molecular weight excluding hydrogens is 332 g/mol. The third kappa shape index (κ3) is 4.00. The Balaban J connectivity index is 1.83. The minimum Gasteiger partial charge on any atom is -0.497 e. The summed E-state index contributed by atoms with van der Waals surface area (Å²) in [5.41, 5.74) is 1.79. The first-order valence-corrected chi connectivity index (χ1v) is 9.11. The monoisotopic (exact) mass is 358 g/mol. The van der Waals surface area contributed by atoms with Gasteiger partial charge >= 0.3 is 12.0 Å². The van der Waals surface area contributed by atoms with E-state index in [4.69, 9.17) is 9.47 Å². The number of urea groups is 1. The lowest BCUT2D eigenvalue weighted by atomic mass is 9.88. The SMILES string of the molecule is COc1ccc([C@H]2NC(=O)NC(C)=C2C(=O)O[C@@H]2CCC[C@@H](C)C2)cc1. The van der Waals surface area contributed by atoms with Crippen molar-refractivity contribution in [2.75, 3.05) is 7.11 Å². The molecule has 0 saturated heterocycles. The van der Waals surface area contributed by atoms with Crippen molar-refractivity contribution in [1.29, 1.82) is 0 Å². The van der Waals surface area contributed by atoms with E-state index in [1.807, 2.05) is 24.3 Å². The molecule has 1 saturated carbocycles. The number of amides is 2. The van der Waals surface area contributed by atoms with Crippen LogP contribution in [0.2, 0.25) is 0 Å². The van der Waals surface area contributed by atoms with E-state index < -0.39 is 6.04 Å². The van der Waals surface area contributed by atoms with Crippen molar-refractivity contribution in [3.63, 3.8) is 0 Å². The van der Waals surface area contributed by atoms with E-state index in [2.05, 4.69) is 17.6 Å². The zero-order valence-electron chi connectivity index (χ0n) is 15.5. The van der Waals surface area contributed by atoms with Crippen molar-refractivity contribution in [2.24, 2.45) is 5.92 Å².